The van der Waals surface area contributed by atoms with E-state index in [1.807, 2.05) is 0 Å². The van der Waals surface area contributed by atoms with E-state index in [-0.39, 0.29) is 18.6 Å². The monoisotopic (exact) mass is 191 g/mol. The van der Waals surface area contributed by atoms with Crippen molar-refractivity contribution in [2.45, 2.75) is 50.8 Å². The van der Waals surface area contributed by atoms with Gasteiger partial charge >= 0.3 is 0 Å². The number of aliphatic hydroxyl groups is 1. The van der Waals surface area contributed by atoms with Crippen LogP contribution < -0.4 is 0 Å². The summed E-state index contributed by atoms with van der Waals surface area (Å²) in [6.07, 6.45) is 7.67. The molecule has 3 heteroatoms. The summed E-state index contributed by atoms with van der Waals surface area (Å²) in [5, 5.41) is 9.39. The summed E-state index contributed by atoms with van der Waals surface area (Å²) < 4.78 is 0. The van der Waals surface area contributed by atoms with Crippen LogP contribution in [0.5, 0.6) is 0 Å². The number of likely N-dealkylation sites (tertiary alicyclic amines) is 1. The first-order valence-electron chi connectivity index (χ1n) is 4.82. The molecule has 1 unspecified atom stereocenters. The minimum absolute atomic E-state index is 0. The van der Waals surface area contributed by atoms with Crippen LogP contribution in [0, 0.1) is 0 Å². The molecule has 2 nitrogen and oxygen atoms in total. The summed E-state index contributed by atoms with van der Waals surface area (Å²) in [4.78, 5) is 2.26. The van der Waals surface area contributed by atoms with E-state index in [2.05, 4.69) is 4.90 Å². The molecule has 0 spiro atoms. The third kappa shape index (κ3) is 1.93. The van der Waals surface area contributed by atoms with E-state index in [9.17, 15) is 5.11 Å². The summed E-state index contributed by atoms with van der Waals surface area (Å²) in [6, 6.07) is 0.715. The van der Waals surface area contributed by atoms with Gasteiger partial charge in [-0.1, -0.05) is 19.3 Å². The lowest BCUT2D eigenvalue weighted by atomic mass is 9.92. The molecule has 1 N–H and O–H groups in total. The molecule has 1 atom stereocenters. The van der Waals surface area contributed by atoms with Gasteiger partial charge in [-0.25, -0.2) is 0 Å². The average Bonchev–Trinajstić information content (AvgIpc) is 2.04. The van der Waals surface area contributed by atoms with Gasteiger partial charge in [-0.05, 0) is 19.3 Å². The minimum atomic E-state index is -0.0990. The molecule has 72 valence electrons. The van der Waals surface area contributed by atoms with Gasteiger partial charge in [0, 0.05) is 12.6 Å². The lowest BCUT2D eigenvalue weighted by Crippen LogP contribution is -2.53. The number of nitrogens with zero attached hydrogens (tertiary/aromatic N) is 1. The molecule has 0 aromatic carbocycles. The Morgan fingerprint density at radius 3 is 2.08 bits per heavy atom. The Kier molecular flexibility index (Phi) is 3.81. The molecule has 1 aliphatic heterocycles. The smallest absolute Gasteiger partial charge is 0.108 e. The molecule has 1 saturated carbocycles. The zero-order chi connectivity index (χ0) is 7.68. The minimum Gasteiger partial charge on any atom is -0.378 e. The van der Waals surface area contributed by atoms with Crippen molar-refractivity contribution in [1.29, 1.82) is 0 Å². The zero-order valence-electron chi connectivity index (χ0n) is 7.41. The Labute approximate surface area is 80.4 Å². The lowest BCUT2D eigenvalue weighted by Gasteiger charge is -2.44. The van der Waals surface area contributed by atoms with Crippen molar-refractivity contribution in [3.05, 3.63) is 0 Å². The summed E-state index contributed by atoms with van der Waals surface area (Å²) >= 11 is 0. The molecule has 0 bridgehead atoms. The highest BCUT2D eigenvalue weighted by Gasteiger charge is 2.32. The van der Waals surface area contributed by atoms with E-state index in [0.29, 0.717) is 6.04 Å². The number of halogens is 1. The molecule has 2 aliphatic rings. The second-order valence-electron chi connectivity index (χ2n) is 3.80. The maximum absolute atomic E-state index is 9.39. The highest BCUT2D eigenvalue weighted by molar-refractivity contribution is 5.85. The Bertz CT molecular complexity index is 136. The summed E-state index contributed by atoms with van der Waals surface area (Å²) in [5.41, 5.74) is 0. The average molecular weight is 192 g/mol. The van der Waals surface area contributed by atoms with E-state index in [0.717, 1.165) is 13.0 Å². The van der Waals surface area contributed by atoms with Crippen molar-refractivity contribution in [2.75, 3.05) is 6.54 Å². The number of hydrogen-bond acceptors (Lipinski definition) is 2. The van der Waals surface area contributed by atoms with Crippen LogP contribution in [0.25, 0.3) is 0 Å². The van der Waals surface area contributed by atoms with Crippen LogP contribution in [0.1, 0.15) is 38.5 Å². The molecule has 2 fully saturated rings. The van der Waals surface area contributed by atoms with E-state index < -0.39 is 0 Å². The fourth-order valence-corrected chi connectivity index (χ4v) is 2.23. The third-order valence-electron chi connectivity index (χ3n) is 3.07. The molecule has 0 aromatic heterocycles. The Morgan fingerprint density at radius 2 is 1.67 bits per heavy atom. The van der Waals surface area contributed by atoms with Gasteiger partial charge in [0.1, 0.15) is 6.23 Å². The largest absolute Gasteiger partial charge is 0.378 e. The molecule has 0 aromatic rings. The van der Waals surface area contributed by atoms with Crippen LogP contribution in [0.2, 0.25) is 0 Å². The fourth-order valence-electron chi connectivity index (χ4n) is 2.23. The predicted octanol–water partition coefficient (Wildman–Crippen LogP) is 1.77. The molecule has 0 radical (unpaired) electrons. The second kappa shape index (κ2) is 4.45. The maximum Gasteiger partial charge on any atom is 0.108 e. The van der Waals surface area contributed by atoms with E-state index in [4.69, 9.17) is 0 Å². The zero-order valence-corrected chi connectivity index (χ0v) is 8.22. The van der Waals surface area contributed by atoms with Crippen molar-refractivity contribution in [3.8, 4) is 0 Å². The van der Waals surface area contributed by atoms with Crippen LogP contribution in [0.15, 0.2) is 0 Å². The van der Waals surface area contributed by atoms with E-state index in [1.165, 1.54) is 32.1 Å². The lowest BCUT2D eigenvalue weighted by molar-refractivity contribution is -0.106. The molecular weight excluding hydrogens is 174 g/mol. The SMILES string of the molecule is Cl.OC1CCN1C1CCCCC1. The first-order chi connectivity index (χ1) is 5.38. The summed E-state index contributed by atoms with van der Waals surface area (Å²) in [5.74, 6) is 0. The van der Waals surface area contributed by atoms with Gasteiger partial charge in [0.2, 0.25) is 0 Å². The standard InChI is InChI=1S/C9H17NO.ClH/c11-9-6-7-10(9)8-4-2-1-3-5-8;/h8-9,11H,1-7H2;1H. The Balaban J connectivity index is 0.000000720. The van der Waals surface area contributed by atoms with E-state index in [1.54, 1.807) is 0 Å². The van der Waals surface area contributed by atoms with Gasteiger partial charge < -0.3 is 5.11 Å². The topological polar surface area (TPSA) is 23.5 Å². The highest BCUT2D eigenvalue weighted by atomic mass is 35.5. The maximum atomic E-state index is 9.39. The second-order valence-corrected chi connectivity index (χ2v) is 3.80. The van der Waals surface area contributed by atoms with Gasteiger partial charge in [0.05, 0.1) is 0 Å². The first-order valence-corrected chi connectivity index (χ1v) is 4.82. The molecule has 2 rings (SSSR count). The van der Waals surface area contributed by atoms with Gasteiger partial charge in [0.15, 0.2) is 0 Å². The highest BCUT2D eigenvalue weighted by Crippen LogP contribution is 2.28. The number of aliphatic hydroxyl groups excluding tert-OH is 1. The van der Waals surface area contributed by atoms with Crippen LogP contribution >= 0.6 is 12.4 Å². The molecule has 1 aliphatic carbocycles. The van der Waals surface area contributed by atoms with Crippen molar-refractivity contribution in [2.24, 2.45) is 0 Å². The van der Waals surface area contributed by atoms with E-state index >= 15 is 0 Å². The van der Waals surface area contributed by atoms with Crippen LogP contribution in [0.3, 0.4) is 0 Å². The summed E-state index contributed by atoms with van der Waals surface area (Å²) in [6.45, 7) is 1.13. The quantitative estimate of drug-likeness (QED) is 0.683. The van der Waals surface area contributed by atoms with Gasteiger partial charge in [0.25, 0.3) is 0 Å². The van der Waals surface area contributed by atoms with Gasteiger partial charge in [-0.15, -0.1) is 12.4 Å². The molecule has 1 heterocycles. The van der Waals surface area contributed by atoms with Crippen LogP contribution in [0.4, 0.5) is 0 Å². The Morgan fingerprint density at radius 1 is 1.00 bits per heavy atom. The Hall–Kier alpha value is 0.210. The first kappa shape index (κ1) is 10.3. The molecular formula is C9H18ClNO. The van der Waals surface area contributed by atoms with Crippen molar-refractivity contribution in [1.82, 2.24) is 4.90 Å². The van der Waals surface area contributed by atoms with Crippen molar-refractivity contribution < 1.29 is 5.11 Å². The van der Waals surface area contributed by atoms with Crippen LogP contribution in [-0.2, 0) is 0 Å². The molecule has 0 amide bonds. The van der Waals surface area contributed by atoms with Crippen LogP contribution in [-0.4, -0.2) is 28.8 Å². The molecule has 12 heavy (non-hydrogen) atoms. The van der Waals surface area contributed by atoms with Crippen molar-refractivity contribution >= 4 is 12.4 Å². The van der Waals surface area contributed by atoms with Gasteiger partial charge in [-0.3, -0.25) is 4.90 Å². The normalized spacial score (nSPS) is 32.2. The fraction of sp³-hybridized carbons (Fsp3) is 1.00. The third-order valence-corrected chi connectivity index (χ3v) is 3.07. The van der Waals surface area contributed by atoms with Gasteiger partial charge in [-0.2, -0.15) is 0 Å². The summed E-state index contributed by atoms with van der Waals surface area (Å²) in [7, 11) is 0. The van der Waals surface area contributed by atoms with Crippen molar-refractivity contribution in [3.63, 3.8) is 0 Å². The molecule has 1 saturated heterocycles. The number of hydrogen-bond donors (Lipinski definition) is 1. The predicted molar refractivity (Wildman–Crippen MR) is 51.5 cm³/mol. The number of rotatable bonds is 1.